The lowest BCUT2D eigenvalue weighted by atomic mass is 10.1. The molecule has 22 heavy (non-hydrogen) atoms. The van der Waals surface area contributed by atoms with Gasteiger partial charge in [-0.15, -0.1) is 0 Å². The Hall–Kier alpha value is -1.71. The molecule has 0 aliphatic carbocycles. The molecule has 0 saturated heterocycles. The lowest BCUT2D eigenvalue weighted by molar-refractivity contribution is 0.215. The van der Waals surface area contributed by atoms with Crippen LogP contribution in [0.4, 0.5) is 0 Å². The molecule has 0 aromatic heterocycles. The highest BCUT2D eigenvalue weighted by atomic mass is 35.5. The third-order valence-corrected chi connectivity index (χ3v) is 3.61. The van der Waals surface area contributed by atoms with E-state index in [1.54, 1.807) is 0 Å². The average molecular weight is 320 g/mol. The van der Waals surface area contributed by atoms with Crippen molar-refractivity contribution in [1.29, 1.82) is 0 Å². The van der Waals surface area contributed by atoms with Crippen LogP contribution in [0.5, 0.6) is 11.5 Å². The average Bonchev–Trinajstić information content (AvgIpc) is 2.49. The molecule has 0 aliphatic rings. The maximum absolute atomic E-state index is 6.01. The summed E-state index contributed by atoms with van der Waals surface area (Å²) in [6.45, 7) is 5.63. The molecule has 3 nitrogen and oxygen atoms in total. The number of benzene rings is 2. The Kier molecular flexibility index (Phi) is 6.10. The molecule has 2 aromatic rings. The largest absolute Gasteiger partial charge is 0.490 e. The molecule has 0 atom stereocenters. The molecular weight excluding hydrogens is 298 g/mol. The maximum atomic E-state index is 6.01. The second-order valence-electron chi connectivity index (χ2n) is 5.26. The monoisotopic (exact) mass is 319 g/mol. The van der Waals surface area contributed by atoms with Crippen molar-refractivity contribution in [2.75, 3.05) is 19.8 Å². The third-order valence-electron chi connectivity index (χ3n) is 3.38. The first-order valence-electron chi connectivity index (χ1n) is 7.41. The van der Waals surface area contributed by atoms with Crippen LogP contribution in [0.3, 0.4) is 0 Å². The summed E-state index contributed by atoms with van der Waals surface area (Å²) < 4.78 is 11.6. The van der Waals surface area contributed by atoms with Crippen molar-refractivity contribution < 1.29 is 9.47 Å². The SMILES string of the molecule is Cc1ccc(C)c(OCCOc2ccc(Cl)cc2CCN)c1. The fraction of sp³-hybridized carbons (Fsp3) is 0.333. The Morgan fingerprint density at radius 3 is 2.41 bits per heavy atom. The van der Waals surface area contributed by atoms with E-state index in [1.165, 1.54) is 5.56 Å². The molecule has 0 bridgehead atoms. The molecule has 4 heteroatoms. The van der Waals surface area contributed by atoms with Gasteiger partial charge in [-0.25, -0.2) is 0 Å². The third kappa shape index (κ3) is 4.65. The summed E-state index contributed by atoms with van der Waals surface area (Å²) >= 11 is 6.01. The van der Waals surface area contributed by atoms with Crippen LogP contribution >= 0.6 is 11.6 Å². The highest BCUT2D eigenvalue weighted by molar-refractivity contribution is 6.30. The van der Waals surface area contributed by atoms with Crippen LogP contribution in [-0.2, 0) is 6.42 Å². The molecule has 0 fully saturated rings. The van der Waals surface area contributed by atoms with Crippen molar-refractivity contribution in [2.45, 2.75) is 20.3 Å². The first kappa shape index (κ1) is 16.7. The van der Waals surface area contributed by atoms with Gasteiger partial charge in [0, 0.05) is 5.02 Å². The van der Waals surface area contributed by atoms with Gasteiger partial charge in [-0.2, -0.15) is 0 Å². The van der Waals surface area contributed by atoms with E-state index in [2.05, 4.69) is 19.1 Å². The van der Waals surface area contributed by atoms with Crippen LogP contribution in [0.1, 0.15) is 16.7 Å². The van der Waals surface area contributed by atoms with Gasteiger partial charge in [-0.3, -0.25) is 0 Å². The Labute approximate surface area is 137 Å². The topological polar surface area (TPSA) is 44.5 Å². The number of aryl methyl sites for hydroxylation is 2. The summed E-state index contributed by atoms with van der Waals surface area (Å²) in [6.07, 6.45) is 0.744. The molecule has 0 spiro atoms. The standard InChI is InChI=1S/C18H22ClNO2/c1-13-3-4-14(2)18(11-13)22-10-9-21-17-6-5-16(19)12-15(17)7-8-20/h3-6,11-12H,7-10,20H2,1-2H3. The number of halogens is 1. The number of rotatable bonds is 7. The first-order chi connectivity index (χ1) is 10.6. The Balaban J connectivity index is 1.90. The molecular formula is C18H22ClNO2. The predicted molar refractivity (Wildman–Crippen MR) is 91.1 cm³/mol. The quantitative estimate of drug-likeness (QED) is 0.787. The lowest BCUT2D eigenvalue weighted by Crippen LogP contribution is -2.11. The zero-order valence-corrected chi connectivity index (χ0v) is 13.8. The lowest BCUT2D eigenvalue weighted by Gasteiger charge is -2.13. The first-order valence-corrected chi connectivity index (χ1v) is 7.79. The van der Waals surface area contributed by atoms with Crippen molar-refractivity contribution in [3.8, 4) is 11.5 Å². The normalized spacial score (nSPS) is 10.5. The van der Waals surface area contributed by atoms with Gasteiger partial charge in [0.2, 0.25) is 0 Å². The smallest absolute Gasteiger partial charge is 0.122 e. The van der Waals surface area contributed by atoms with E-state index in [1.807, 2.05) is 31.2 Å². The van der Waals surface area contributed by atoms with Gasteiger partial charge in [0.25, 0.3) is 0 Å². The summed E-state index contributed by atoms with van der Waals surface area (Å²) in [4.78, 5) is 0. The van der Waals surface area contributed by atoms with Crippen LogP contribution in [0.15, 0.2) is 36.4 Å². The minimum Gasteiger partial charge on any atom is -0.490 e. The van der Waals surface area contributed by atoms with Crippen LogP contribution in [0.2, 0.25) is 5.02 Å². The van der Waals surface area contributed by atoms with Crippen molar-refractivity contribution in [3.63, 3.8) is 0 Å². The number of hydrogen-bond acceptors (Lipinski definition) is 3. The molecule has 2 rings (SSSR count). The van der Waals surface area contributed by atoms with E-state index in [0.29, 0.717) is 24.8 Å². The highest BCUT2D eigenvalue weighted by Gasteiger charge is 2.05. The molecule has 0 saturated carbocycles. The predicted octanol–water partition coefficient (Wildman–Crippen LogP) is 3.92. The molecule has 0 aliphatic heterocycles. The molecule has 0 heterocycles. The molecule has 0 radical (unpaired) electrons. The summed E-state index contributed by atoms with van der Waals surface area (Å²) in [6, 6.07) is 11.8. The Morgan fingerprint density at radius 2 is 1.68 bits per heavy atom. The fourth-order valence-electron chi connectivity index (χ4n) is 2.21. The zero-order chi connectivity index (χ0) is 15.9. The Bertz CT molecular complexity index is 628. The zero-order valence-electron chi connectivity index (χ0n) is 13.1. The van der Waals surface area contributed by atoms with Gasteiger partial charge >= 0.3 is 0 Å². The van der Waals surface area contributed by atoms with Crippen LogP contribution < -0.4 is 15.2 Å². The minimum atomic E-state index is 0.479. The van der Waals surface area contributed by atoms with E-state index in [9.17, 15) is 0 Å². The van der Waals surface area contributed by atoms with Gasteiger partial charge < -0.3 is 15.2 Å². The van der Waals surface area contributed by atoms with Gasteiger partial charge in [0.05, 0.1) is 0 Å². The molecule has 0 amide bonds. The molecule has 118 valence electrons. The molecule has 2 aromatic carbocycles. The Morgan fingerprint density at radius 1 is 0.955 bits per heavy atom. The van der Waals surface area contributed by atoms with Crippen LogP contribution in [0, 0.1) is 13.8 Å². The van der Waals surface area contributed by atoms with Gasteiger partial charge in [0.15, 0.2) is 0 Å². The van der Waals surface area contributed by atoms with Crippen molar-refractivity contribution >= 4 is 11.6 Å². The maximum Gasteiger partial charge on any atom is 0.122 e. The highest BCUT2D eigenvalue weighted by Crippen LogP contribution is 2.23. The van der Waals surface area contributed by atoms with E-state index >= 15 is 0 Å². The van der Waals surface area contributed by atoms with E-state index in [0.717, 1.165) is 29.0 Å². The van der Waals surface area contributed by atoms with E-state index in [4.69, 9.17) is 26.8 Å². The van der Waals surface area contributed by atoms with Crippen molar-refractivity contribution in [1.82, 2.24) is 0 Å². The second-order valence-corrected chi connectivity index (χ2v) is 5.69. The molecule has 0 unspecified atom stereocenters. The second kappa shape index (κ2) is 8.06. The summed E-state index contributed by atoms with van der Waals surface area (Å²) in [5.74, 6) is 1.72. The fourth-order valence-corrected chi connectivity index (χ4v) is 2.40. The number of hydrogen-bond donors (Lipinski definition) is 1. The minimum absolute atomic E-state index is 0.479. The summed E-state index contributed by atoms with van der Waals surface area (Å²) in [7, 11) is 0. The van der Waals surface area contributed by atoms with Crippen LogP contribution in [-0.4, -0.2) is 19.8 Å². The number of nitrogens with two attached hydrogens (primary N) is 1. The van der Waals surface area contributed by atoms with Gasteiger partial charge in [-0.05, 0) is 67.8 Å². The van der Waals surface area contributed by atoms with Gasteiger partial charge in [0.1, 0.15) is 24.7 Å². The molecule has 2 N–H and O–H groups in total. The summed E-state index contributed by atoms with van der Waals surface area (Å²) in [5.41, 5.74) is 8.96. The van der Waals surface area contributed by atoms with Crippen LogP contribution in [0.25, 0.3) is 0 Å². The summed E-state index contributed by atoms with van der Waals surface area (Å²) in [5, 5.41) is 0.697. The van der Waals surface area contributed by atoms with Crippen molar-refractivity contribution in [3.05, 3.63) is 58.1 Å². The van der Waals surface area contributed by atoms with Gasteiger partial charge in [-0.1, -0.05) is 23.7 Å². The van der Waals surface area contributed by atoms with E-state index < -0.39 is 0 Å². The van der Waals surface area contributed by atoms with E-state index in [-0.39, 0.29) is 0 Å². The number of ether oxygens (including phenoxy) is 2. The van der Waals surface area contributed by atoms with Crippen molar-refractivity contribution in [2.24, 2.45) is 5.73 Å².